The summed E-state index contributed by atoms with van der Waals surface area (Å²) in [5.74, 6) is -2.67. The van der Waals surface area contributed by atoms with Crippen LogP contribution in [0.1, 0.15) is 52.6 Å². The summed E-state index contributed by atoms with van der Waals surface area (Å²) >= 11 is 0. The van der Waals surface area contributed by atoms with Crippen LogP contribution in [0.2, 0.25) is 0 Å². The van der Waals surface area contributed by atoms with E-state index in [-0.39, 0.29) is 11.7 Å². The summed E-state index contributed by atoms with van der Waals surface area (Å²) in [6.07, 6.45) is 3.15. The third kappa shape index (κ3) is 5.09. The minimum Gasteiger partial charge on any atom is -0.353 e. The van der Waals surface area contributed by atoms with Gasteiger partial charge < -0.3 is 10.2 Å². The first kappa shape index (κ1) is 24.9. The van der Waals surface area contributed by atoms with Crippen molar-refractivity contribution in [2.75, 3.05) is 36.4 Å². The lowest BCUT2D eigenvalue weighted by Gasteiger charge is -2.26. The van der Waals surface area contributed by atoms with Gasteiger partial charge in [0, 0.05) is 57.0 Å². The lowest BCUT2D eigenvalue weighted by atomic mass is 10.2. The first-order chi connectivity index (χ1) is 16.6. The van der Waals surface area contributed by atoms with E-state index in [1.807, 2.05) is 6.92 Å². The van der Waals surface area contributed by atoms with Crippen LogP contribution in [0.4, 0.5) is 20.4 Å². The molecule has 0 spiro atoms. The van der Waals surface area contributed by atoms with Crippen molar-refractivity contribution in [3.63, 3.8) is 0 Å². The zero-order chi connectivity index (χ0) is 25.3. The average molecular weight is 487 g/mol. The van der Waals surface area contributed by atoms with Crippen LogP contribution in [0.5, 0.6) is 0 Å². The molecule has 1 aliphatic rings. The number of rotatable bonds is 8. The van der Waals surface area contributed by atoms with Crippen molar-refractivity contribution in [1.82, 2.24) is 29.6 Å². The standard InChI is InChI=1S/C24H32F2N8O/c1-6-16-11-21(30-23(29-16)24(5,25)26)34-19-12-20(28-15(4)35)27-13-18(19)22(31-34)33-10-9-17(14-33)32(7-2)8-3/h11-13,17H,6-10,14H2,1-5H3,(H,27,28,35)/t17-/m0/s1. The van der Waals surface area contributed by atoms with E-state index in [4.69, 9.17) is 5.10 Å². The molecule has 4 heterocycles. The van der Waals surface area contributed by atoms with Gasteiger partial charge in [-0.2, -0.15) is 8.78 Å². The van der Waals surface area contributed by atoms with Gasteiger partial charge in [0.2, 0.25) is 11.7 Å². The summed E-state index contributed by atoms with van der Waals surface area (Å²) in [6, 6.07) is 3.78. The molecule has 3 aromatic heterocycles. The number of anilines is 2. The number of fused-ring (bicyclic) bond motifs is 1. The minimum atomic E-state index is -3.19. The van der Waals surface area contributed by atoms with E-state index in [9.17, 15) is 13.6 Å². The van der Waals surface area contributed by atoms with Crippen LogP contribution in [-0.2, 0) is 17.1 Å². The molecule has 1 fully saturated rings. The maximum absolute atomic E-state index is 14.2. The fraction of sp³-hybridized carbons (Fsp3) is 0.542. The van der Waals surface area contributed by atoms with Gasteiger partial charge in [0.1, 0.15) is 5.82 Å². The van der Waals surface area contributed by atoms with Crippen LogP contribution in [0.25, 0.3) is 16.7 Å². The molecule has 0 saturated carbocycles. The quantitative estimate of drug-likeness (QED) is 0.518. The Balaban J connectivity index is 1.85. The molecule has 35 heavy (non-hydrogen) atoms. The summed E-state index contributed by atoms with van der Waals surface area (Å²) < 4.78 is 30.0. The van der Waals surface area contributed by atoms with Gasteiger partial charge in [-0.15, -0.1) is 5.10 Å². The molecule has 11 heteroatoms. The number of carbonyl (C=O) groups excluding carboxylic acids is 1. The summed E-state index contributed by atoms with van der Waals surface area (Å²) in [6.45, 7) is 11.9. The molecule has 1 atom stereocenters. The fourth-order valence-corrected chi connectivity index (χ4v) is 4.59. The highest BCUT2D eigenvalue weighted by molar-refractivity contribution is 5.95. The van der Waals surface area contributed by atoms with Gasteiger partial charge >= 0.3 is 5.92 Å². The Labute approximate surface area is 203 Å². The predicted octanol–water partition coefficient (Wildman–Crippen LogP) is 3.76. The number of halogens is 2. The zero-order valence-corrected chi connectivity index (χ0v) is 20.8. The van der Waals surface area contributed by atoms with E-state index in [0.717, 1.165) is 50.7 Å². The van der Waals surface area contributed by atoms with E-state index in [1.165, 1.54) is 6.92 Å². The van der Waals surface area contributed by atoms with E-state index in [2.05, 4.69) is 43.9 Å². The average Bonchev–Trinajstić information content (AvgIpc) is 3.43. The highest BCUT2D eigenvalue weighted by Crippen LogP contribution is 2.33. The first-order valence-corrected chi connectivity index (χ1v) is 12.1. The number of pyridine rings is 1. The van der Waals surface area contributed by atoms with Gasteiger partial charge in [0.05, 0.1) is 10.9 Å². The summed E-state index contributed by atoms with van der Waals surface area (Å²) in [5, 5.41) is 8.29. The Bertz CT molecular complexity index is 1220. The lowest BCUT2D eigenvalue weighted by Crippen LogP contribution is -2.37. The smallest absolute Gasteiger partial charge is 0.303 e. The number of likely N-dealkylation sites (N-methyl/N-ethyl adjacent to an activating group) is 1. The molecule has 1 N–H and O–H groups in total. The van der Waals surface area contributed by atoms with Crippen LogP contribution >= 0.6 is 0 Å². The molecular formula is C24H32F2N8O. The van der Waals surface area contributed by atoms with Crippen molar-refractivity contribution in [2.24, 2.45) is 0 Å². The van der Waals surface area contributed by atoms with Crippen molar-refractivity contribution >= 4 is 28.4 Å². The number of nitrogens with one attached hydrogen (secondary N) is 1. The van der Waals surface area contributed by atoms with Gasteiger partial charge in [0.15, 0.2) is 11.6 Å². The summed E-state index contributed by atoms with van der Waals surface area (Å²) in [4.78, 5) is 28.9. The highest BCUT2D eigenvalue weighted by atomic mass is 19.3. The van der Waals surface area contributed by atoms with Gasteiger partial charge in [0.25, 0.3) is 0 Å². The number of aryl methyl sites for hydroxylation is 1. The second-order valence-electron chi connectivity index (χ2n) is 8.90. The number of aromatic nitrogens is 5. The van der Waals surface area contributed by atoms with E-state index in [1.54, 1.807) is 23.0 Å². The zero-order valence-electron chi connectivity index (χ0n) is 20.8. The maximum atomic E-state index is 14.2. The van der Waals surface area contributed by atoms with E-state index in [0.29, 0.717) is 29.5 Å². The SMILES string of the molecule is CCc1cc(-n2nc(N3CC[C@H](N(CC)CC)C3)c3cnc(NC(C)=O)cc32)nc(C(C)(F)F)n1. The van der Waals surface area contributed by atoms with Crippen LogP contribution < -0.4 is 10.2 Å². The number of carbonyl (C=O) groups is 1. The molecule has 0 aliphatic carbocycles. The topological polar surface area (TPSA) is 92.1 Å². The van der Waals surface area contributed by atoms with Crippen molar-refractivity contribution < 1.29 is 13.6 Å². The predicted molar refractivity (Wildman–Crippen MR) is 131 cm³/mol. The second kappa shape index (κ2) is 9.80. The second-order valence-corrected chi connectivity index (χ2v) is 8.90. The van der Waals surface area contributed by atoms with Gasteiger partial charge in [-0.05, 0) is 25.9 Å². The van der Waals surface area contributed by atoms with E-state index < -0.39 is 11.7 Å². The third-order valence-electron chi connectivity index (χ3n) is 6.38. The van der Waals surface area contributed by atoms with Gasteiger partial charge in [-0.25, -0.2) is 19.6 Å². The number of hydrogen-bond donors (Lipinski definition) is 1. The lowest BCUT2D eigenvalue weighted by molar-refractivity contribution is -0.114. The number of hydrogen-bond acceptors (Lipinski definition) is 7. The van der Waals surface area contributed by atoms with Crippen molar-refractivity contribution in [3.8, 4) is 5.82 Å². The number of nitrogens with zero attached hydrogens (tertiary/aromatic N) is 7. The Morgan fingerprint density at radius 1 is 1.23 bits per heavy atom. The largest absolute Gasteiger partial charge is 0.353 e. The van der Waals surface area contributed by atoms with Gasteiger partial charge in [-0.1, -0.05) is 20.8 Å². The maximum Gasteiger partial charge on any atom is 0.303 e. The Morgan fingerprint density at radius 3 is 2.60 bits per heavy atom. The minimum absolute atomic E-state index is 0.254. The third-order valence-corrected chi connectivity index (χ3v) is 6.38. The molecular weight excluding hydrogens is 454 g/mol. The Hall–Kier alpha value is -3.21. The van der Waals surface area contributed by atoms with Crippen LogP contribution in [0, 0.1) is 0 Å². The van der Waals surface area contributed by atoms with Crippen molar-refractivity contribution in [2.45, 2.75) is 59.4 Å². The van der Waals surface area contributed by atoms with Crippen LogP contribution in [0.15, 0.2) is 18.3 Å². The van der Waals surface area contributed by atoms with Crippen LogP contribution in [0.3, 0.4) is 0 Å². The Kier molecular flexibility index (Phi) is 6.98. The van der Waals surface area contributed by atoms with Gasteiger partial charge in [-0.3, -0.25) is 9.69 Å². The Morgan fingerprint density at radius 2 is 1.97 bits per heavy atom. The van der Waals surface area contributed by atoms with Crippen molar-refractivity contribution in [3.05, 3.63) is 29.8 Å². The molecule has 1 aliphatic heterocycles. The summed E-state index contributed by atoms with van der Waals surface area (Å²) in [5.41, 5.74) is 1.12. The normalized spacial score (nSPS) is 16.5. The highest BCUT2D eigenvalue weighted by Gasteiger charge is 2.32. The van der Waals surface area contributed by atoms with Crippen LogP contribution in [-0.4, -0.2) is 67.8 Å². The molecule has 0 radical (unpaired) electrons. The number of alkyl halides is 2. The molecule has 1 saturated heterocycles. The molecule has 0 bridgehead atoms. The molecule has 1 amide bonds. The number of amides is 1. The van der Waals surface area contributed by atoms with Crippen molar-refractivity contribution in [1.29, 1.82) is 0 Å². The molecule has 0 aromatic carbocycles. The first-order valence-electron chi connectivity index (χ1n) is 12.1. The monoisotopic (exact) mass is 486 g/mol. The molecule has 4 rings (SSSR count). The molecule has 3 aromatic rings. The summed E-state index contributed by atoms with van der Waals surface area (Å²) in [7, 11) is 0. The molecule has 188 valence electrons. The van der Waals surface area contributed by atoms with E-state index >= 15 is 0 Å². The molecule has 0 unspecified atom stereocenters. The molecule has 9 nitrogen and oxygen atoms in total. The fourth-order valence-electron chi connectivity index (χ4n) is 4.59.